The van der Waals surface area contributed by atoms with Crippen LogP contribution in [0.4, 0.5) is 29.0 Å². The summed E-state index contributed by atoms with van der Waals surface area (Å²) in [6.07, 6.45) is 3.57. The van der Waals surface area contributed by atoms with E-state index in [0.29, 0.717) is 11.4 Å². The standard InChI is InChI=1S/C22H22N6/c23-16-17-8-7-11-19(14-17)25-21-15-20(24-18-9-3-1-4-10-18)26-22(27-21)28-12-5-2-6-13-28/h1,3-4,7-11,14-15H,2,5-6,12-13H2,(H2,24,25,26,27). The largest absolute Gasteiger partial charge is 0.341 e. The molecule has 6 heteroatoms. The number of benzene rings is 2. The smallest absolute Gasteiger partial charge is 0.229 e. The second kappa shape index (κ2) is 8.40. The molecule has 6 nitrogen and oxygen atoms in total. The Hall–Kier alpha value is -3.59. The van der Waals surface area contributed by atoms with Crippen LogP contribution in [0.1, 0.15) is 24.8 Å². The number of rotatable bonds is 5. The molecule has 2 aromatic carbocycles. The normalized spacial score (nSPS) is 13.6. The Bertz CT molecular complexity index is 974. The molecule has 1 aliphatic rings. The molecule has 28 heavy (non-hydrogen) atoms. The van der Waals surface area contributed by atoms with E-state index in [0.717, 1.165) is 49.1 Å². The number of aromatic nitrogens is 2. The Kier molecular flexibility index (Phi) is 5.34. The van der Waals surface area contributed by atoms with Gasteiger partial charge in [0.25, 0.3) is 0 Å². The first-order valence-electron chi connectivity index (χ1n) is 9.53. The Morgan fingerprint density at radius 3 is 2.18 bits per heavy atom. The average molecular weight is 370 g/mol. The first-order chi connectivity index (χ1) is 13.8. The second-order valence-electron chi connectivity index (χ2n) is 6.79. The van der Waals surface area contributed by atoms with Gasteiger partial charge in [-0.2, -0.15) is 15.2 Å². The first-order valence-corrected chi connectivity index (χ1v) is 9.53. The van der Waals surface area contributed by atoms with Gasteiger partial charge >= 0.3 is 0 Å². The molecule has 1 saturated heterocycles. The zero-order chi connectivity index (χ0) is 19.2. The molecule has 0 atom stereocenters. The van der Waals surface area contributed by atoms with E-state index in [2.05, 4.69) is 21.6 Å². The van der Waals surface area contributed by atoms with Crippen molar-refractivity contribution in [3.63, 3.8) is 0 Å². The lowest BCUT2D eigenvalue weighted by Crippen LogP contribution is -2.31. The molecule has 0 spiro atoms. The number of hydrogen-bond donors (Lipinski definition) is 2. The number of hydrogen-bond acceptors (Lipinski definition) is 6. The fourth-order valence-electron chi connectivity index (χ4n) is 3.28. The van der Waals surface area contributed by atoms with Gasteiger partial charge in [-0.1, -0.05) is 24.3 Å². The molecule has 1 fully saturated rings. The average Bonchev–Trinajstić information content (AvgIpc) is 2.75. The molecule has 4 rings (SSSR count). The van der Waals surface area contributed by atoms with Crippen molar-refractivity contribution in [2.75, 3.05) is 28.6 Å². The summed E-state index contributed by atoms with van der Waals surface area (Å²) in [5, 5.41) is 15.8. The highest BCUT2D eigenvalue weighted by Crippen LogP contribution is 2.25. The molecular formula is C22H22N6. The maximum Gasteiger partial charge on any atom is 0.229 e. The molecular weight excluding hydrogens is 348 g/mol. The van der Waals surface area contributed by atoms with Crippen molar-refractivity contribution < 1.29 is 0 Å². The van der Waals surface area contributed by atoms with Gasteiger partial charge in [0.2, 0.25) is 5.95 Å². The maximum absolute atomic E-state index is 9.13. The summed E-state index contributed by atoms with van der Waals surface area (Å²) in [6.45, 7) is 1.94. The molecule has 3 aromatic rings. The van der Waals surface area contributed by atoms with E-state index in [1.807, 2.05) is 54.6 Å². The summed E-state index contributed by atoms with van der Waals surface area (Å²) in [7, 11) is 0. The van der Waals surface area contributed by atoms with Crippen molar-refractivity contribution in [3.05, 3.63) is 66.2 Å². The van der Waals surface area contributed by atoms with Crippen molar-refractivity contribution in [1.82, 2.24) is 9.97 Å². The van der Waals surface area contributed by atoms with Gasteiger partial charge < -0.3 is 15.5 Å². The number of nitriles is 1. The number of anilines is 5. The predicted molar refractivity (Wildman–Crippen MR) is 112 cm³/mol. The minimum absolute atomic E-state index is 0.609. The van der Waals surface area contributed by atoms with Crippen LogP contribution in [0.15, 0.2) is 60.7 Å². The van der Waals surface area contributed by atoms with E-state index in [-0.39, 0.29) is 0 Å². The van der Waals surface area contributed by atoms with Crippen LogP contribution in [0.25, 0.3) is 0 Å². The maximum atomic E-state index is 9.13. The van der Waals surface area contributed by atoms with Crippen molar-refractivity contribution >= 4 is 29.0 Å². The fourth-order valence-corrected chi connectivity index (χ4v) is 3.28. The number of para-hydroxylation sites is 1. The highest BCUT2D eigenvalue weighted by atomic mass is 15.3. The second-order valence-corrected chi connectivity index (χ2v) is 6.79. The zero-order valence-electron chi connectivity index (χ0n) is 15.6. The number of piperidine rings is 1. The molecule has 1 aromatic heterocycles. The van der Waals surface area contributed by atoms with E-state index in [1.165, 1.54) is 6.42 Å². The third-order valence-electron chi connectivity index (χ3n) is 4.66. The number of nitrogens with zero attached hydrogens (tertiary/aromatic N) is 4. The van der Waals surface area contributed by atoms with Crippen LogP contribution in [0.3, 0.4) is 0 Å². The molecule has 2 heterocycles. The Morgan fingerprint density at radius 2 is 1.46 bits per heavy atom. The quantitative estimate of drug-likeness (QED) is 0.670. The SMILES string of the molecule is N#Cc1cccc(Nc2cc(Nc3ccccc3)nc(N3CCCCC3)n2)c1. The molecule has 1 aliphatic heterocycles. The minimum Gasteiger partial charge on any atom is -0.341 e. The van der Waals surface area contributed by atoms with Crippen LogP contribution in [-0.4, -0.2) is 23.1 Å². The van der Waals surface area contributed by atoms with Crippen LogP contribution < -0.4 is 15.5 Å². The zero-order valence-corrected chi connectivity index (χ0v) is 15.6. The minimum atomic E-state index is 0.609. The van der Waals surface area contributed by atoms with Crippen LogP contribution in [0.5, 0.6) is 0 Å². The van der Waals surface area contributed by atoms with Crippen LogP contribution >= 0.6 is 0 Å². The lowest BCUT2D eigenvalue weighted by atomic mass is 10.1. The molecule has 0 aliphatic carbocycles. The predicted octanol–water partition coefficient (Wildman–Crippen LogP) is 4.83. The highest BCUT2D eigenvalue weighted by molar-refractivity contribution is 5.66. The first kappa shape index (κ1) is 17.8. The van der Waals surface area contributed by atoms with Gasteiger partial charge in [0.05, 0.1) is 11.6 Å². The third-order valence-corrected chi connectivity index (χ3v) is 4.66. The summed E-state index contributed by atoms with van der Waals surface area (Å²) in [4.78, 5) is 11.7. The topological polar surface area (TPSA) is 76.9 Å². The van der Waals surface area contributed by atoms with Crippen molar-refractivity contribution in [3.8, 4) is 6.07 Å². The van der Waals surface area contributed by atoms with Crippen molar-refractivity contribution in [2.45, 2.75) is 19.3 Å². The van der Waals surface area contributed by atoms with Gasteiger partial charge in [0.15, 0.2) is 0 Å². The van der Waals surface area contributed by atoms with Gasteiger partial charge in [-0.3, -0.25) is 0 Å². The van der Waals surface area contributed by atoms with Crippen LogP contribution in [0.2, 0.25) is 0 Å². The van der Waals surface area contributed by atoms with Gasteiger partial charge in [-0.25, -0.2) is 0 Å². The summed E-state index contributed by atoms with van der Waals surface area (Å²) >= 11 is 0. The highest BCUT2D eigenvalue weighted by Gasteiger charge is 2.16. The Morgan fingerprint density at radius 1 is 0.786 bits per heavy atom. The van der Waals surface area contributed by atoms with Gasteiger partial charge in [-0.05, 0) is 49.6 Å². The van der Waals surface area contributed by atoms with Crippen molar-refractivity contribution in [2.24, 2.45) is 0 Å². The molecule has 0 bridgehead atoms. The lowest BCUT2D eigenvalue weighted by molar-refractivity contribution is 0.568. The molecule has 0 amide bonds. The Labute approximate surface area is 164 Å². The van der Waals surface area contributed by atoms with E-state index in [4.69, 9.17) is 15.2 Å². The summed E-state index contributed by atoms with van der Waals surface area (Å²) < 4.78 is 0. The molecule has 0 saturated carbocycles. The molecule has 140 valence electrons. The van der Waals surface area contributed by atoms with E-state index >= 15 is 0 Å². The summed E-state index contributed by atoms with van der Waals surface area (Å²) in [5.41, 5.74) is 2.41. The monoisotopic (exact) mass is 370 g/mol. The molecule has 2 N–H and O–H groups in total. The lowest BCUT2D eigenvalue weighted by Gasteiger charge is -2.27. The summed E-state index contributed by atoms with van der Waals surface area (Å²) in [6, 6.07) is 21.4. The van der Waals surface area contributed by atoms with Crippen LogP contribution in [0, 0.1) is 11.3 Å². The number of nitrogens with one attached hydrogen (secondary N) is 2. The Balaban J connectivity index is 1.65. The van der Waals surface area contributed by atoms with Gasteiger partial charge in [0.1, 0.15) is 11.6 Å². The third kappa shape index (κ3) is 4.38. The van der Waals surface area contributed by atoms with Gasteiger partial charge in [-0.15, -0.1) is 0 Å². The van der Waals surface area contributed by atoms with Crippen LogP contribution in [-0.2, 0) is 0 Å². The van der Waals surface area contributed by atoms with Gasteiger partial charge in [0, 0.05) is 30.5 Å². The van der Waals surface area contributed by atoms with Crippen molar-refractivity contribution in [1.29, 1.82) is 5.26 Å². The fraction of sp³-hybridized carbons (Fsp3) is 0.227. The van der Waals surface area contributed by atoms with E-state index in [1.54, 1.807) is 6.07 Å². The molecule has 0 unspecified atom stereocenters. The molecule has 0 radical (unpaired) electrons. The summed E-state index contributed by atoms with van der Waals surface area (Å²) in [5.74, 6) is 2.16. The van der Waals surface area contributed by atoms with E-state index in [9.17, 15) is 0 Å². The van der Waals surface area contributed by atoms with E-state index < -0.39 is 0 Å².